The zero-order valence-electron chi connectivity index (χ0n) is 11.1. The van der Waals surface area contributed by atoms with Gasteiger partial charge in [0.2, 0.25) is 0 Å². The Balaban J connectivity index is 2.45. The van der Waals surface area contributed by atoms with E-state index in [0.29, 0.717) is 12.2 Å². The molecule has 0 amide bonds. The first-order valence-corrected chi connectivity index (χ1v) is 7.35. The molecule has 0 unspecified atom stereocenters. The maximum absolute atomic E-state index is 11.9. The third-order valence-electron chi connectivity index (χ3n) is 2.83. The summed E-state index contributed by atoms with van der Waals surface area (Å²) in [5.41, 5.74) is 2.30. The summed E-state index contributed by atoms with van der Waals surface area (Å²) in [5.74, 6) is 0.381. The number of ether oxygens (including phenoxy) is 2. The molecule has 4 heteroatoms. The van der Waals surface area contributed by atoms with Gasteiger partial charge in [-0.3, -0.25) is 0 Å². The molecule has 0 atom stereocenters. The van der Waals surface area contributed by atoms with Crippen molar-refractivity contribution in [2.75, 3.05) is 19.0 Å². The van der Waals surface area contributed by atoms with Gasteiger partial charge in [-0.15, -0.1) is 0 Å². The molecule has 2 rings (SSSR count). The van der Waals surface area contributed by atoms with Gasteiger partial charge in [-0.1, -0.05) is 46.3 Å². The van der Waals surface area contributed by atoms with Crippen molar-refractivity contribution in [3.05, 3.63) is 54.1 Å². The fourth-order valence-corrected chi connectivity index (χ4v) is 2.08. The monoisotopic (exact) mass is 334 g/mol. The van der Waals surface area contributed by atoms with Gasteiger partial charge in [0, 0.05) is 5.33 Å². The van der Waals surface area contributed by atoms with Crippen molar-refractivity contribution < 1.29 is 14.3 Å². The number of carbonyl (C=O) groups excluding carboxylic acids is 1. The van der Waals surface area contributed by atoms with Crippen molar-refractivity contribution >= 4 is 21.9 Å². The third kappa shape index (κ3) is 3.39. The van der Waals surface area contributed by atoms with Crippen LogP contribution in [0.25, 0.3) is 11.1 Å². The second-order valence-electron chi connectivity index (χ2n) is 4.10. The molecule has 0 N–H and O–H groups in total. The van der Waals surface area contributed by atoms with Crippen molar-refractivity contribution in [1.82, 2.24) is 0 Å². The van der Waals surface area contributed by atoms with E-state index in [9.17, 15) is 4.79 Å². The number of hydrogen-bond donors (Lipinski definition) is 0. The van der Waals surface area contributed by atoms with Crippen LogP contribution in [0.3, 0.4) is 0 Å². The van der Waals surface area contributed by atoms with Crippen LogP contribution in [0.1, 0.15) is 10.4 Å². The van der Waals surface area contributed by atoms with Gasteiger partial charge in [0.15, 0.2) is 0 Å². The second kappa shape index (κ2) is 7.10. The first-order chi connectivity index (χ1) is 9.76. The SMILES string of the molecule is COC(=O)c1ccc(OCCBr)cc1-c1ccccc1. The predicted molar refractivity (Wildman–Crippen MR) is 82.5 cm³/mol. The van der Waals surface area contributed by atoms with E-state index in [1.165, 1.54) is 7.11 Å². The Morgan fingerprint density at radius 1 is 1.15 bits per heavy atom. The smallest absolute Gasteiger partial charge is 0.338 e. The van der Waals surface area contributed by atoms with E-state index in [1.807, 2.05) is 36.4 Å². The van der Waals surface area contributed by atoms with Gasteiger partial charge in [-0.25, -0.2) is 4.79 Å². The fraction of sp³-hybridized carbons (Fsp3) is 0.188. The van der Waals surface area contributed by atoms with Crippen LogP contribution in [0.4, 0.5) is 0 Å². The van der Waals surface area contributed by atoms with Gasteiger partial charge in [0.05, 0.1) is 19.3 Å². The topological polar surface area (TPSA) is 35.5 Å². The summed E-state index contributed by atoms with van der Waals surface area (Å²) in [7, 11) is 1.38. The van der Waals surface area contributed by atoms with Gasteiger partial charge >= 0.3 is 5.97 Å². The Morgan fingerprint density at radius 3 is 2.55 bits per heavy atom. The molecule has 0 spiro atoms. The van der Waals surface area contributed by atoms with Gasteiger partial charge in [0.1, 0.15) is 5.75 Å². The molecule has 0 saturated carbocycles. The zero-order chi connectivity index (χ0) is 14.4. The Labute approximate surface area is 126 Å². The van der Waals surface area contributed by atoms with E-state index in [1.54, 1.807) is 12.1 Å². The predicted octanol–water partition coefficient (Wildman–Crippen LogP) is 3.91. The molecule has 0 aliphatic carbocycles. The van der Waals surface area contributed by atoms with Crippen molar-refractivity contribution in [2.24, 2.45) is 0 Å². The maximum Gasteiger partial charge on any atom is 0.338 e. The number of halogens is 1. The highest BCUT2D eigenvalue weighted by Gasteiger charge is 2.14. The molecule has 20 heavy (non-hydrogen) atoms. The number of rotatable bonds is 5. The first kappa shape index (κ1) is 14.6. The number of alkyl halides is 1. The zero-order valence-corrected chi connectivity index (χ0v) is 12.7. The highest BCUT2D eigenvalue weighted by Crippen LogP contribution is 2.28. The Morgan fingerprint density at radius 2 is 1.90 bits per heavy atom. The van der Waals surface area contributed by atoms with Gasteiger partial charge < -0.3 is 9.47 Å². The molecule has 0 aromatic heterocycles. The highest BCUT2D eigenvalue weighted by molar-refractivity contribution is 9.09. The van der Waals surface area contributed by atoms with Crippen LogP contribution in [0.15, 0.2) is 48.5 Å². The van der Waals surface area contributed by atoms with Gasteiger partial charge in [0.25, 0.3) is 0 Å². The fourth-order valence-electron chi connectivity index (χ4n) is 1.91. The largest absolute Gasteiger partial charge is 0.493 e. The lowest BCUT2D eigenvalue weighted by Crippen LogP contribution is -2.05. The van der Waals surface area contributed by atoms with E-state index in [0.717, 1.165) is 22.2 Å². The van der Waals surface area contributed by atoms with Crippen LogP contribution in [-0.4, -0.2) is 25.0 Å². The quantitative estimate of drug-likeness (QED) is 0.614. The summed E-state index contributed by atoms with van der Waals surface area (Å²) in [6, 6.07) is 15.1. The molecule has 3 nitrogen and oxygen atoms in total. The highest BCUT2D eigenvalue weighted by atomic mass is 79.9. The molecular weight excluding hydrogens is 320 g/mol. The van der Waals surface area contributed by atoms with E-state index in [-0.39, 0.29) is 5.97 Å². The van der Waals surface area contributed by atoms with Crippen LogP contribution >= 0.6 is 15.9 Å². The van der Waals surface area contributed by atoms with Crippen LogP contribution in [-0.2, 0) is 4.74 Å². The minimum absolute atomic E-state index is 0.351. The number of benzene rings is 2. The minimum atomic E-state index is -0.351. The molecule has 0 aliphatic heterocycles. The van der Waals surface area contributed by atoms with Crippen molar-refractivity contribution in [2.45, 2.75) is 0 Å². The third-order valence-corrected chi connectivity index (χ3v) is 3.15. The number of hydrogen-bond acceptors (Lipinski definition) is 3. The van der Waals surface area contributed by atoms with Crippen LogP contribution in [0.5, 0.6) is 5.75 Å². The average molecular weight is 335 g/mol. The molecule has 0 fully saturated rings. The molecular formula is C16H15BrO3. The second-order valence-corrected chi connectivity index (χ2v) is 4.90. The van der Waals surface area contributed by atoms with Crippen LogP contribution in [0.2, 0.25) is 0 Å². The first-order valence-electron chi connectivity index (χ1n) is 6.23. The lowest BCUT2D eigenvalue weighted by molar-refractivity contribution is 0.0601. The van der Waals surface area contributed by atoms with E-state index in [2.05, 4.69) is 15.9 Å². The van der Waals surface area contributed by atoms with Crippen LogP contribution < -0.4 is 4.74 Å². The standard InChI is InChI=1S/C16H15BrO3/c1-19-16(18)14-8-7-13(20-10-9-17)11-15(14)12-5-3-2-4-6-12/h2-8,11H,9-10H2,1H3. The van der Waals surface area contributed by atoms with Crippen molar-refractivity contribution in [3.8, 4) is 16.9 Å². The normalized spacial score (nSPS) is 10.1. The maximum atomic E-state index is 11.9. The van der Waals surface area contributed by atoms with Gasteiger partial charge in [-0.2, -0.15) is 0 Å². The summed E-state index contributed by atoms with van der Waals surface area (Å²) in [6.07, 6.45) is 0. The number of carbonyl (C=O) groups is 1. The molecule has 0 bridgehead atoms. The van der Waals surface area contributed by atoms with Gasteiger partial charge in [-0.05, 0) is 29.3 Å². The Hall–Kier alpha value is -1.81. The lowest BCUT2D eigenvalue weighted by Gasteiger charge is -2.11. The molecule has 104 valence electrons. The summed E-state index contributed by atoms with van der Waals surface area (Å²) in [4.78, 5) is 11.9. The molecule has 2 aromatic carbocycles. The molecule has 2 aromatic rings. The average Bonchev–Trinajstić information content (AvgIpc) is 2.52. The van der Waals surface area contributed by atoms with E-state index >= 15 is 0 Å². The summed E-state index contributed by atoms with van der Waals surface area (Å²) < 4.78 is 10.4. The Kier molecular flexibility index (Phi) is 5.18. The summed E-state index contributed by atoms with van der Waals surface area (Å²) in [6.45, 7) is 0.575. The Bertz CT molecular complexity index is 582. The summed E-state index contributed by atoms with van der Waals surface area (Å²) >= 11 is 3.32. The lowest BCUT2D eigenvalue weighted by atomic mass is 9.99. The van der Waals surface area contributed by atoms with Crippen LogP contribution in [0, 0.1) is 0 Å². The summed E-state index contributed by atoms with van der Waals surface area (Å²) in [5, 5.41) is 0.756. The molecule has 0 heterocycles. The molecule has 0 saturated heterocycles. The number of methoxy groups -OCH3 is 1. The van der Waals surface area contributed by atoms with Crippen molar-refractivity contribution in [1.29, 1.82) is 0 Å². The molecule has 0 radical (unpaired) electrons. The minimum Gasteiger partial charge on any atom is -0.493 e. The van der Waals surface area contributed by atoms with E-state index < -0.39 is 0 Å². The molecule has 0 aliphatic rings. The van der Waals surface area contributed by atoms with E-state index in [4.69, 9.17) is 9.47 Å². The number of esters is 1. The van der Waals surface area contributed by atoms with Crippen molar-refractivity contribution in [3.63, 3.8) is 0 Å².